The van der Waals surface area contributed by atoms with Gasteiger partial charge in [-0.1, -0.05) is 53.7 Å². The van der Waals surface area contributed by atoms with E-state index in [2.05, 4.69) is 85.3 Å². The highest BCUT2D eigenvalue weighted by Gasteiger charge is 2.05. The molecule has 3 heteroatoms. The number of hydrogen-bond donors (Lipinski definition) is 1. The molecule has 0 bridgehead atoms. The van der Waals surface area contributed by atoms with Crippen LogP contribution in [0.2, 0.25) is 0 Å². The number of hydrogen-bond acceptors (Lipinski definition) is 2. The predicted octanol–water partition coefficient (Wildman–Crippen LogP) is 5.72. The largest absolute Gasteiger partial charge is 0.310 e. The molecule has 112 valence electrons. The molecule has 0 aliphatic carbocycles. The maximum atomic E-state index is 3.68. The molecule has 0 unspecified atom stereocenters. The number of halogens is 1. The summed E-state index contributed by atoms with van der Waals surface area (Å²) >= 11 is 5.49. The standard InChI is InChI=1S/C18H22BrNS/c1-12(2)20-11-15-6-8-17(10-18(15)19)21-16-7-5-13(3)14(4)9-16/h5-10,12,20H,11H2,1-4H3. The van der Waals surface area contributed by atoms with Gasteiger partial charge in [0.25, 0.3) is 0 Å². The lowest BCUT2D eigenvalue weighted by molar-refractivity contribution is 0.587. The van der Waals surface area contributed by atoms with Crippen molar-refractivity contribution < 1.29 is 0 Å². The van der Waals surface area contributed by atoms with Crippen molar-refractivity contribution >= 4 is 27.7 Å². The van der Waals surface area contributed by atoms with Gasteiger partial charge in [-0.05, 0) is 54.8 Å². The SMILES string of the molecule is Cc1ccc(Sc2ccc(CNC(C)C)c(Br)c2)cc1C. The molecule has 0 aliphatic heterocycles. The molecule has 21 heavy (non-hydrogen) atoms. The summed E-state index contributed by atoms with van der Waals surface area (Å²) in [5, 5.41) is 3.45. The first-order chi connectivity index (χ1) is 9.95. The van der Waals surface area contributed by atoms with Crippen molar-refractivity contribution in [2.75, 3.05) is 0 Å². The van der Waals surface area contributed by atoms with Crippen molar-refractivity contribution in [3.8, 4) is 0 Å². The molecule has 1 nitrogen and oxygen atoms in total. The van der Waals surface area contributed by atoms with Gasteiger partial charge in [0.2, 0.25) is 0 Å². The van der Waals surface area contributed by atoms with Gasteiger partial charge in [-0.15, -0.1) is 0 Å². The lowest BCUT2D eigenvalue weighted by Crippen LogP contribution is -2.21. The van der Waals surface area contributed by atoms with Crippen LogP contribution in [0.25, 0.3) is 0 Å². The molecule has 2 rings (SSSR count). The summed E-state index contributed by atoms with van der Waals surface area (Å²) in [6.07, 6.45) is 0. The number of benzene rings is 2. The van der Waals surface area contributed by atoms with E-state index in [0.29, 0.717) is 6.04 Å². The van der Waals surface area contributed by atoms with Crippen molar-refractivity contribution in [1.82, 2.24) is 5.32 Å². The molecule has 0 saturated carbocycles. The van der Waals surface area contributed by atoms with Crippen LogP contribution in [0.3, 0.4) is 0 Å². The molecule has 0 heterocycles. The third kappa shape index (κ3) is 4.87. The Kier molecular flexibility index (Phi) is 5.91. The molecule has 0 aromatic heterocycles. The van der Waals surface area contributed by atoms with E-state index >= 15 is 0 Å². The Bertz CT molecular complexity index is 623. The molecule has 2 aromatic carbocycles. The second-order valence-electron chi connectivity index (χ2n) is 5.64. The Morgan fingerprint density at radius 2 is 1.67 bits per heavy atom. The fourth-order valence-corrected chi connectivity index (χ4v) is 3.59. The van der Waals surface area contributed by atoms with Crippen molar-refractivity contribution in [3.05, 3.63) is 57.6 Å². The Hall–Kier alpha value is -0.770. The average molecular weight is 364 g/mol. The Morgan fingerprint density at radius 1 is 1.00 bits per heavy atom. The zero-order valence-corrected chi connectivity index (χ0v) is 15.4. The summed E-state index contributed by atoms with van der Waals surface area (Å²) in [7, 11) is 0. The van der Waals surface area contributed by atoms with E-state index in [0.717, 1.165) is 6.54 Å². The first-order valence-electron chi connectivity index (χ1n) is 7.22. The number of aryl methyl sites for hydroxylation is 2. The van der Waals surface area contributed by atoms with E-state index < -0.39 is 0 Å². The summed E-state index contributed by atoms with van der Waals surface area (Å²) < 4.78 is 1.17. The van der Waals surface area contributed by atoms with Crippen LogP contribution in [0.15, 0.2) is 50.7 Å². The van der Waals surface area contributed by atoms with Crippen molar-refractivity contribution in [1.29, 1.82) is 0 Å². The zero-order valence-electron chi connectivity index (χ0n) is 13.0. The van der Waals surface area contributed by atoms with Gasteiger partial charge in [0.05, 0.1) is 0 Å². The minimum Gasteiger partial charge on any atom is -0.310 e. The molecule has 0 atom stereocenters. The highest BCUT2D eigenvalue weighted by Crippen LogP contribution is 2.32. The highest BCUT2D eigenvalue weighted by molar-refractivity contribution is 9.10. The van der Waals surface area contributed by atoms with Gasteiger partial charge < -0.3 is 5.32 Å². The Morgan fingerprint density at radius 3 is 2.29 bits per heavy atom. The van der Waals surface area contributed by atoms with Gasteiger partial charge in [0.15, 0.2) is 0 Å². The zero-order chi connectivity index (χ0) is 15.4. The lowest BCUT2D eigenvalue weighted by atomic mass is 10.1. The van der Waals surface area contributed by atoms with Crippen LogP contribution in [0.1, 0.15) is 30.5 Å². The van der Waals surface area contributed by atoms with E-state index in [1.54, 1.807) is 0 Å². The Balaban J connectivity index is 2.10. The molecule has 0 saturated heterocycles. The first-order valence-corrected chi connectivity index (χ1v) is 8.83. The molecular weight excluding hydrogens is 342 g/mol. The molecular formula is C18H22BrNS. The smallest absolute Gasteiger partial charge is 0.0231 e. The van der Waals surface area contributed by atoms with Gasteiger partial charge in [-0.2, -0.15) is 0 Å². The topological polar surface area (TPSA) is 12.0 Å². The second-order valence-corrected chi connectivity index (χ2v) is 7.64. The quantitative estimate of drug-likeness (QED) is 0.729. The lowest BCUT2D eigenvalue weighted by Gasteiger charge is -2.11. The van der Waals surface area contributed by atoms with Crippen LogP contribution in [0, 0.1) is 13.8 Å². The van der Waals surface area contributed by atoms with Gasteiger partial charge >= 0.3 is 0 Å². The van der Waals surface area contributed by atoms with Gasteiger partial charge in [-0.25, -0.2) is 0 Å². The third-order valence-electron chi connectivity index (χ3n) is 3.44. The van der Waals surface area contributed by atoms with Crippen molar-refractivity contribution in [2.24, 2.45) is 0 Å². The van der Waals surface area contributed by atoms with Gasteiger partial charge in [-0.3, -0.25) is 0 Å². The van der Waals surface area contributed by atoms with Gasteiger partial charge in [0, 0.05) is 26.9 Å². The molecule has 2 aromatic rings. The van der Waals surface area contributed by atoms with Gasteiger partial charge in [0.1, 0.15) is 0 Å². The fourth-order valence-electron chi connectivity index (χ4n) is 1.96. The molecule has 0 radical (unpaired) electrons. The minimum absolute atomic E-state index is 0.501. The molecule has 0 amide bonds. The Labute approximate surface area is 140 Å². The molecule has 0 spiro atoms. The predicted molar refractivity (Wildman–Crippen MR) is 96.2 cm³/mol. The summed E-state index contributed by atoms with van der Waals surface area (Å²) in [5.41, 5.74) is 3.99. The van der Waals surface area contributed by atoms with E-state index in [1.165, 1.54) is 31.0 Å². The maximum Gasteiger partial charge on any atom is 0.0231 e. The first kappa shape index (κ1) is 16.6. The summed E-state index contributed by atoms with van der Waals surface area (Å²) in [6, 6.07) is 13.7. The minimum atomic E-state index is 0.501. The molecule has 0 aliphatic rings. The summed E-state index contributed by atoms with van der Waals surface area (Å²) in [4.78, 5) is 2.55. The van der Waals surface area contributed by atoms with Crippen molar-refractivity contribution in [2.45, 2.75) is 50.1 Å². The monoisotopic (exact) mass is 363 g/mol. The van der Waals surface area contributed by atoms with E-state index in [-0.39, 0.29) is 0 Å². The van der Waals surface area contributed by atoms with Crippen LogP contribution in [0.5, 0.6) is 0 Å². The van der Waals surface area contributed by atoms with Crippen LogP contribution < -0.4 is 5.32 Å². The van der Waals surface area contributed by atoms with Crippen LogP contribution in [-0.4, -0.2) is 6.04 Å². The molecule has 0 fully saturated rings. The summed E-state index contributed by atoms with van der Waals surface area (Å²) in [6.45, 7) is 9.54. The van der Waals surface area contributed by atoms with Crippen LogP contribution in [-0.2, 0) is 6.54 Å². The highest BCUT2D eigenvalue weighted by atomic mass is 79.9. The molecule has 1 N–H and O–H groups in total. The van der Waals surface area contributed by atoms with Crippen LogP contribution in [0.4, 0.5) is 0 Å². The van der Waals surface area contributed by atoms with E-state index in [1.807, 2.05) is 11.8 Å². The van der Waals surface area contributed by atoms with E-state index in [4.69, 9.17) is 0 Å². The van der Waals surface area contributed by atoms with Crippen molar-refractivity contribution in [3.63, 3.8) is 0 Å². The summed E-state index contributed by atoms with van der Waals surface area (Å²) in [5.74, 6) is 0. The van der Waals surface area contributed by atoms with Crippen LogP contribution >= 0.6 is 27.7 Å². The maximum absolute atomic E-state index is 3.68. The normalized spacial score (nSPS) is 11.1. The number of nitrogens with one attached hydrogen (secondary N) is 1. The second kappa shape index (κ2) is 7.48. The third-order valence-corrected chi connectivity index (χ3v) is 5.16. The van der Waals surface area contributed by atoms with E-state index in [9.17, 15) is 0 Å². The average Bonchev–Trinajstić information content (AvgIpc) is 2.42. The number of rotatable bonds is 5. The fraction of sp³-hybridized carbons (Fsp3) is 0.333.